The van der Waals surface area contributed by atoms with Crippen molar-refractivity contribution in [3.63, 3.8) is 0 Å². The number of benzene rings is 2. The van der Waals surface area contributed by atoms with E-state index in [-0.39, 0.29) is 19.0 Å². The molecule has 2 aromatic carbocycles. The second-order valence-electron chi connectivity index (χ2n) is 5.32. The maximum Gasteiger partial charge on any atom is 0.289 e. The second kappa shape index (κ2) is 8.87. The van der Waals surface area contributed by atoms with Gasteiger partial charge in [-0.05, 0) is 29.8 Å². The van der Waals surface area contributed by atoms with E-state index < -0.39 is 37.4 Å². The molecule has 0 aromatic heterocycles. The van der Waals surface area contributed by atoms with Gasteiger partial charge in [0.1, 0.15) is 5.82 Å². The molecule has 7 nitrogen and oxygen atoms in total. The molecular weight excluding hydrogens is 453 g/mol. The Bertz CT molecular complexity index is 893. The Labute approximate surface area is 164 Å². The van der Waals surface area contributed by atoms with Crippen LogP contribution in [0.15, 0.2) is 51.8 Å². The van der Waals surface area contributed by atoms with E-state index in [1.165, 1.54) is 31.3 Å². The minimum absolute atomic E-state index is 0. The van der Waals surface area contributed by atoms with Crippen LogP contribution in [0.2, 0.25) is 0 Å². The van der Waals surface area contributed by atoms with Crippen molar-refractivity contribution in [2.75, 3.05) is 13.6 Å². The van der Waals surface area contributed by atoms with Gasteiger partial charge in [0.2, 0.25) is 10.0 Å². The normalized spacial score (nSPS) is 12.5. The largest absolute Gasteiger partial charge is 0.323 e. The molecule has 0 aliphatic heterocycles. The van der Waals surface area contributed by atoms with Crippen LogP contribution in [0, 0.1) is 15.9 Å². The van der Waals surface area contributed by atoms with Crippen LogP contribution in [-0.4, -0.2) is 31.2 Å². The fraction of sp³-hybridized carbons (Fsp3) is 0.200. The predicted molar refractivity (Wildman–Crippen MR) is 101 cm³/mol. The van der Waals surface area contributed by atoms with Crippen molar-refractivity contribution in [1.82, 2.24) is 4.31 Å². The summed E-state index contributed by atoms with van der Waals surface area (Å²) >= 11 is 3.15. The topological polar surface area (TPSA) is 107 Å². The highest BCUT2D eigenvalue weighted by molar-refractivity contribution is 9.10. The molecule has 0 fully saturated rings. The summed E-state index contributed by atoms with van der Waals surface area (Å²) in [6, 6.07) is 8.29. The average molecular weight is 469 g/mol. The van der Waals surface area contributed by atoms with Crippen LogP contribution in [0.25, 0.3) is 0 Å². The molecule has 0 bridgehead atoms. The summed E-state index contributed by atoms with van der Waals surface area (Å²) in [5.41, 5.74) is 5.86. The van der Waals surface area contributed by atoms with E-state index in [1.807, 2.05) is 0 Å². The molecule has 0 heterocycles. The van der Waals surface area contributed by atoms with Gasteiger partial charge in [-0.1, -0.05) is 28.1 Å². The summed E-state index contributed by atoms with van der Waals surface area (Å²) in [6.07, 6.45) is 0. The summed E-state index contributed by atoms with van der Waals surface area (Å²) in [7, 11) is -2.87. The Morgan fingerprint density at radius 2 is 1.92 bits per heavy atom. The summed E-state index contributed by atoms with van der Waals surface area (Å²) < 4.78 is 40.1. The Balaban J connectivity index is 0.00000338. The van der Waals surface area contributed by atoms with Gasteiger partial charge in [-0.15, -0.1) is 12.4 Å². The third-order valence-corrected chi connectivity index (χ3v) is 5.85. The highest BCUT2D eigenvalue weighted by atomic mass is 79.9. The van der Waals surface area contributed by atoms with Gasteiger partial charge >= 0.3 is 0 Å². The molecule has 11 heteroatoms. The van der Waals surface area contributed by atoms with Gasteiger partial charge < -0.3 is 5.73 Å². The lowest BCUT2D eigenvalue weighted by Crippen LogP contribution is -2.34. The molecule has 0 spiro atoms. The monoisotopic (exact) mass is 467 g/mol. The third kappa shape index (κ3) is 4.98. The maximum atomic E-state index is 13.5. The molecule has 0 amide bonds. The van der Waals surface area contributed by atoms with E-state index in [4.69, 9.17) is 5.73 Å². The summed E-state index contributed by atoms with van der Waals surface area (Å²) in [5.74, 6) is -0.510. The molecule has 1 atom stereocenters. The van der Waals surface area contributed by atoms with Crippen LogP contribution >= 0.6 is 28.3 Å². The van der Waals surface area contributed by atoms with E-state index >= 15 is 0 Å². The fourth-order valence-electron chi connectivity index (χ4n) is 2.26. The quantitative estimate of drug-likeness (QED) is 0.517. The molecule has 0 saturated heterocycles. The Kier molecular flexibility index (Phi) is 7.66. The zero-order valence-electron chi connectivity index (χ0n) is 13.5. The zero-order chi connectivity index (χ0) is 18.8. The Morgan fingerprint density at radius 1 is 1.31 bits per heavy atom. The minimum atomic E-state index is -4.13. The zero-order valence-corrected chi connectivity index (χ0v) is 16.7. The summed E-state index contributed by atoms with van der Waals surface area (Å²) in [5, 5.41) is 11.1. The molecule has 0 aliphatic carbocycles. The number of nitro groups is 1. The van der Waals surface area contributed by atoms with E-state index in [0.717, 1.165) is 16.4 Å². The first-order valence-electron chi connectivity index (χ1n) is 7.04. The van der Waals surface area contributed by atoms with E-state index in [1.54, 1.807) is 6.07 Å². The number of halogens is 3. The lowest BCUT2D eigenvalue weighted by molar-refractivity contribution is -0.387. The van der Waals surface area contributed by atoms with Crippen molar-refractivity contribution in [3.05, 3.63) is 68.4 Å². The first-order valence-corrected chi connectivity index (χ1v) is 9.27. The molecule has 2 N–H and O–H groups in total. The highest BCUT2D eigenvalue weighted by Crippen LogP contribution is 2.27. The highest BCUT2D eigenvalue weighted by Gasteiger charge is 2.30. The SMILES string of the molecule is CN(CC(N)c1cc(F)cc(Br)c1)S(=O)(=O)c1ccccc1[N+](=O)[O-].Cl. The van der Waals surface area contributed by atoms with Gasteiger partial charge in [-0.25, -0.2) is 12.8 Å². The average Bonchev–Trinajstić information content (AvgIpc) is 2.53. The lowest BCUT2D eigenvalue weighted by Gasteiger charge is -2.21. The van der Waals surface area contributed by atoms with Gasteiger partial charge in [-0.3, -0.25) is 10.1 Å². The number of sulfonamides is 1. The molecule has 142 valence electrons. The number of likely N-dealkylation sites (N-methyl/N-ethyl adjacent to an activating group) is 1. The van der Waals surface area contributed by atoms with Gasteiger partial charge in [0.05, 0.1) is 4.92 Å². The summed E-state index contributed by atoms with van der Waals surface area (Å²) in [4.78, 5) is 9.88. The molecule has 2 aromatic rings. The van der Waals surface area contributed by atoms with Crippen molar-refractivity contribution < 1.29 is 17.7 Å². The number of nitrogens with zero attached hydrogens (tertiary/aromatic N) is 2. The molecular formula is C15H16BrClFN3O4S. The van der Waals surface area contributed by atoms with Crippen molar-refractivity contribution in [1.29, 1.82) is 0 Å². The van der Waals surface area contributed by atoms with Crippen molar-refractivity contribution in [2.24, 2.45) is 5.73 Å². The molecule has 0 saturated carbocycles. The van der Waals surface area contributed by atoms with Crippen molar-refractivity contribution >= 4 is 44.0 Å². The number of hydrogen-bond acceptors (Lipinski definition) is 5. The van der Waals surface area contributed by atoms with Crippen LogP contribution in [0.4, 0.5) is 10.1 Å². The van der Waals surface area contributed by atoms with Crippen LogP contribution in [0.5, 0.6) is 0 Å². The lowest BCUT2D eigenvalue weighted by atomic mass is 10.1. The Morgan fingerprint density at radius 3 is 2.50 bits per heavy atom. The Hall–Kier alpha value is -1.59. The van der Waals surface area contributed by atoms with E-state index in [0.29, 0.717) is 10.0 Å². The first-order chi connectivity index (χ1) is 11.6. The first kappa shape index (κ1) is 22.5. The predicted octanol–water partition coefficient (Wildman–Crippen LogP) is 3.24. The van der Waals surface area contributed by atoms with E-state index in [9.17, 15) is 22.9 Å². The number of para-hydroxylation sites is 1. The van der Waals surface area contributed by atoms with Crippen LogP contribution in [0.3, 0.4) is 0 Å². The molecule has 0 radical (unpaired) electrons. The number of hydrogen-bond donors (Lipinski definition) is 1. The third-order valence-electron chi connectivity index (χ3n) is 3.52. The molecule has 1 unspecified atom stereocenters. The van der Waals surface area contributed by atoms with Gasteiger partial charge in [0.15, 0.2) is 4.90 Å². The van der Waals surface area contributed by atoms with Crippen LogP contribution < -0.4 is 5.73 Å². The van der Waals surface area contributed by atoms with Gasteiger partial charge in [0, 0.05) is 30.2 Å². The number of nitro benzene ring substituents is 1. The summed E-state index contributed by atoms with van der Waals surface area (Å²) in [6.45, 7) is -0.176. The van der Waals surface area contributed by atoms with Gasteiger partial charge in [-0.2, -0.15) is 4.31 Å². The van der Waals surface area contributed by atoms with Crippen molar-refractivity contribution in [3.8, 4) is 0 Å². The molecule has 26 heavy (non-hydrogen) atoms. The fourth-order valence-corrected chi connectivity index (χ4v) is 4.10. The van der Waals surface area contributed by atoms with Crippen molar-refractivity contribution in [2.45, 2.75) is 10.9 Å². The van der Waals surface area contributed by atoms with Crippen LogP contribution in [0.1, 0.15) is 11.6 Å². The standard InChI is InChI=1S/C15H15BrFN3O4S.ClH/c1-19(9-13(18)10-6-11(16)8-12(17)7-10)25(23,24)15-5-3-2-4-14(15)20(21)22;/h2-8,13H,9,18H2,1H3;1H. The molecule has 2 rings (SSSR count). The smallest absolute Gasteiger partial charge is 0.289 e. The maximum absolute atomic E-state index is 13.5. The minimum Gasteiger partial charge on any atom is -0.323 e. The number of rotatable bonds is 6. The van der Waals surface area contributed by atoms with Crippen LogP contribution in [-0.2, 0) is 10.0 Å². The number of nitrogens with two attached hydrogens (primary N) is 1. The van der Waals surface area contributed by atoms with E-state index in [2.05, 4.69) is 15.9 Å². The molecule has 0 aliphatic rings. The second-order valence-corrected chi connectivity index (χ2v) is 8.25. The van der Waals surface area contributed by atoms with Gasteiger partial charge in [0.25, 0.3) is 5.69 Å².